The zero-order valence-corrected chi connectivity index (χ0v) is 8.87. The van der Waals surface area contributed by atoms with Crippen molar-refractivity contribution in [3.05, 3.63) is 0 Å². The van der Waals surface area contributed by atoms with Gasteiger partial charge < -0.3 is 5.73 Å². The first-order chi connectivity index (χ1) is 6.16. The Bertz CT molecular complexity index is 167. The molecule has 0 amide bonds. The lowest BCUT2D eigenvalue weighted by atomic mass is 10.1. The van der Waals surface area contributed by atoms with Gasteiger partial charge in [0.15, 0.2) is 0 Å². The van der Waals surface area contributed by atoms with E-state index in [4.69, 9.17) is 5.73 Å². The Kier molecular flexibility index (Phi) is 2.61. The standard InChI is InChI=1S/C11H22N2/c1-8-6-13(7-11(8)12)9(2)5-10-3-4-10/h8-11H,3-7,12H2,1-2H3. The van der Waals surface area contributed by atoms with Crippen molar-refractivity contribution in [2.75, 3.05) is 13.1 Å². The highest BCUT2D eigenvalue weighted by molar-refractivity contribution is 4.88. The molecule has 2 rings (SSSR count). The molecule has 1 aliphatic carbocycles. The Labute approximate surface area is 81.5 Å². The topological polar surface area (TPSA) is 29.3 Å². The summed E-state index contributed by atoms with van der Waals surface area (Å²) in [6.45, 7) is 6.97. The lowest BCUT2D eigenvalue weighted by molar-refractivity contribution is 0.231. The zero-order valence-electron chi connectivity index (χ0n) is 8.87. The fourth-order valence-electron chi connectivity index (χ4n) is 2.38. The molecule has 1 heterocycles. The smallest absolute Gasteiger partial charge is 0.0206 e. The van der Waals surface area contributed by atoms with Gasteiger partial charge in [0.1, 0.15) is 0 Å². The molecular weight excluding hydrogens is 160 g/mol. The summed E-state index contributed by atoms with van der Waals surface area (Å²) in [5, 5.41) is 0. The van der Waals surface area contributed by atoms with Gasteiger partial charge >= 0.3 is 0 Å². The van der Waals surface area contributed by atoms with Crippen LogP contribution in [0.25, 0.3) is 0 Å². The molecule has 0 aromatic rings. The highest BCUT2D eigenvalue weighted by Crippen LogP contribution is 2.35. The van der Waals surface area contributed by atoms with Crippen molar-refractivity contribution >= 4 is 0 Å². The summed E-state index contributed by atoms with van der Waals surface area (Å²) >= 11 is 0. The highest BCUT2D eigenvalue weighted by Gasteiger charge is 2.32. The second-order valence-corrected chi connectivity index (χ2v) is 5.12. The summed E-state index contributed by atoms with van der Waals surface area (Å²) in [4.78, 5) is 2.58. The SMILES string of the molecule is CC1CN(C(C)CC2CC2)CC1N. The lowest BCUT2D eigenvalue weighted by Gasteiger charge is -2.23. The molecule has 2 fully saturated rings. The summed E-state index contributed by atoms with van der Waals surface area (Å²) in [7, 11) is 0. The molecule has 1 aliphatic heterocycles. The van der Waals surface area contributed by atoms with Crippen molar-refractivity contribution < 1.29 is 0 Å². The number of nitrogens with zero attached hydrogens (tertiary/aromatic N) is 1. The van der Waals surface area contributed by atoms with Crippen LogP contribution in [0, 0.1) is 11.8 Å². The van der Waals surface area contributed by atoms with Crippen LogP contribution in [-0.2, 0) is 0 Å². The molecule has 3 unspecified atom stereocenters. The van der Waals surface area contributed by atoms with Crippen LogP contribution >= 0.6 is 0 Å². The van der Waals surface area contributed by atoms with Crippen LogP contribution in [0.15, 0.2) is 0 Å². The highest BCUT2D eigenvalue weighted by atomic mass is 15.2. The van der Waals surface area contributed by atoms with Crippen molar-refractivity contribution in [2.24, 2.45) is 17.6 Å². The second-order valence-electron chi connectivity index (χ2n) is 5.12. The van der Waals surface area contributed by atoms with Gasteiger partial charge in [0.05, 0.1) is 0 Å². The van der Waals surface area contributed by atoms with Crippen molar-refractivity contribution in [1.82, 2.24) is 4.90 Å². The van der Waals surface area contributed by atoms with Crippen LogP contribution in [0.4, 0.5) is 0 Å². The van der Waals surface area contributed by atoms with Crippen molar-refractivity contribution in [3.63, 3.8) is 0 Å². The molecule has 0 aromatic carbocycles. The van der Waals surface area contributed by atoms with Crippen LogP contribution in [0.2, 0.25) is 0 Å². The average Bonchev–Trinajstić information content (AvgIpc) is 2.81. The van der Waals surface area contributed by atoms with Gasteiger partial charge in [-0.15, -0.1) is 0 Å². The number of likely N-dealkylation sites (tertiary alicyclic amines) is 1. The number of nitrogens with two attached hydrogens (primary N) is 1. The van der Waals surface area contributed by atoms with E-state index in [0.29, 0.717) is 12.0 Å². The minimum absolute atomic E-state index is 0.418. The summed E-state index contributed by atoms with van der Waals surface area (Å²) in [6, 6.07) is 1.19. The summed E-state index contributed by atoms with van der Waals surface area (Å²) in [5.41, 5.74) is 6.01. The second kappa shape index (κ2) is 3.58. The number of rotatable bonds is 3. The van der Waals surface area contributed by atoms with E-state index < -0.39 is 0 Å². The zero-order chi connectivity index (χ0) is 9.42. The fraction of sp³-hybridized carbons (Fsp3) is 1.00. The van der Waals surface area contributed by atoms with E-state index in [2.05, 4.69) is 18.7 Å². The Hall–Kier alpha value is -0.0800. The fourth-order valence-corrected chi connectivity index (χ4v) is 2.38. The van der Waals surface area contributed by atoms with E-state index in [-0.39, 0.29) is 0 Å². The first-order valence-corrected chi connectivity index (χ1v) is 5.66. The van der Waals surface area contributed by atoms with Crippen molar-refractivity contribution in [3.8, 4) is 0 Å². The maximum atomic E-state index is 6.01. The van der Waals surface area contributed by atoms with E-state index in [1.807, 2.05) is 0 Å². The van der Waals surface area contributed by atoms with Crippen molar-refractivity contribution in [1.29, 1.82) is 0 Å². The number of hydrogen-bond acceptors (Lipinski definition) is 2. The quantitative estimate of drug-likeness (QED) is 0.716. The maximum absolute atomic E-state index is 6.01. The van der Waals surface area contributed by atoms with Crippen LogP contribution in [0.1, 0.15) is 33.1 Å². The molecule has 0 radical (unpaired) electrons. The normalized spacial score (nSPS) is 38.1. The van der Waals surface area contributed by atoms with Gasteiger partial charge in [0, 0.05) is 25.2 Å². The Morgan fingerprint density at radius 3 is 2.54 bits per heavy atom. The van der Waals surface area contributed by atoms with Crippen molar-refractivity contribution in [2.45, 2.75) is 45.2 Å². The van der Waals surface area contributed by atoms with Gasteiger partial charge in [-0.1, -0.05) is 19.8 Å². The van der Waals surface area contributed by atoms with Gasteiger partial charge in [0.2, 0.25) is 0 Å². The van der Waals surface area contributed by atoms with E-state index in [1.165, 1.54) is 25.8 Å². The molecule has 1 saturated carbocycles. The molecule has 0 aromatic heterocycles. The first kappa shape index (κ1) is 9.47. The van der Waals surface area contributed by atoms with Crippen LogP contribution in [0.3, 0.4) is 0 Å². The molecule has 0 bridgehead atoms. The maximum Gasteiger partial charge on any atom is 0.0206 e. The minimum Gasteiger partial charge on any atom is -0.326 e. The predicted octanol–water partition coefficient (Wildman–Crippen LogP) is 1.45. The molecule has 2 aliphatic rings. The van der Waals surface area contributed by atoms with Gasteiger partial charge in [0.25, 0.3) is 0 Å². The van der Waals surface area contributed by atoms with Crippen LogP contribution < -0.4 is 5.73 Å². The van der Waals surface area contributed by atoms with Gasteiger partial charge in [-0.05, 0) is 25.2 Å². The third-order valence-corrected chi connectivity index (χ3v) is 3.69. The Balaban J connectivity index is 1.79. The van der Waals surface area contributed by atoms with E-state index in [0.717, 1.165) is 18.5 Å². The summed E-state index contributed by atoms with van der Waals surface area (Å²) in [6.07, 6.45) is 4.35. The molecule has 3 atom stereocenters. The first-order valence-electron chi connectivity index (χ1n) is 5.66. The molecule has 2 nitrogen and oxygen atoms in total. The van der Waals surface area contributed by atoms with Crippen LogP contribution in [0.5, 0.6) is 0 Å². The molecular formula is C11H22N2. The Morgan fingerprint density at radius 1 is 1.38 bits per heavy atom. The molecule has 2 heteroatoms. The third-order valence-electron chi connectivity index (χ3n) is 3.69. The largest absolute Gasteiger partial charge is 0.326 e. The molecule has 13 heavy (non-hydrogen) atoms. The van der Waals surface area contributed by atoms with Gasteiger partial charge in [-0.3, -0.25) is 4.90 Å². The lowest BCUT2D eigenvalue weighted by Crippen LogP contribution is -2.34. The third kappa shape index (κ3) is 2.23. The average molecular weight is 182 g/mol. The van der Waals surface area contributed by atoms with E-state index in [1.54, 1.807) is 0 Å². The summed E-state index contributed by atoms with van der Waals surface area (Å²) in [5.74, 6) is 1.74. The number of hydrogen-bond donors (Lipinski definition) is 1. The van der Waals surface area contributed by atoms with E-state index >= 15 is 0 Å². The van der Waals surface area contributed by atoms with Gasteiger partial charge in [-0.2, -0.15) is 0 Å². The van der Waals surface area contributed by atoms with Crippen LogP contribution in [-0.4, -0.2) is 30.1 Å². The van der Waals surface area contributed by atoms with E-state index in [9.17, 15) is 0 Å². The van der Waals surface area contributed by atoms with Gasteiger partial charge in [-0.25, -0.2) is 0 Å². The molecule has 76 valence electrons. The predicted molar refractivity (Wildman–Crippen MR) is 55.5 cm³/mol. The Morgan fingerprint density at radius 2 is 2.08 bits per heavy atom. The summed E-state index contributed by atoms with van der Waals surface area (Å²) < 4.78 is 0. The molecule has 1 saturated heterocycles. The minimum atomic E-state index is 0.418. The monoisotopic (exact) mass is 182 g/mol. The molecule has 2 N–H and O–H groups in total. The molecule has 0 spiro atoms.